The Balaban J connectivity index is 1.95. The summed E-state index contributed by atoms with van der Waals surface area (Å²) in [7, 11) is 0. The molecule has 0 saturated carbocycles. The lowest BCUT2D eigenvalue weighted by molar-refractivity contribution is -0.113. The predicted molar refractivity (Wildman–Crippen MR) is 97.9 cm³/mol. The Hall–Kier alpha value is -1.34. The number of halogens is 1. The van der Waals surface area contributed by atoms with E-state index >= 15 is 0 Å². The van der Waals surface area contributed by atoms with Crippen molar-refractivity contribution in [2.75, 3.05) is 11.1 Å². The number of rotatable bonds is 7. The summed E-state index contributed by atoms with van der Waals surface area (Å²) < 4.78 is 3.11. The number of anilines is 1. The molecule has 2 aromatic rings. The number of hydrogen-bond donors (Lipinski definition) is 1. The Morgan fingerprint density at radius 3 is 2.78 bits per heavy atom. The van der Waals surface area contributed by atoms with Gasteiger partial charge in [0.25, 0.3) is 0 Å². The van der Waals surface area contributed by atoms with E-state index in [2.05, 4.69) is 49.9 Å². The summed E-state index contributed by atoms with van der Waals surface area (Å²) in [6, 6.07) is 5.76. The lowest BCUT2D eigenvalue weighted by Gasteiger charge is -2.08. The van der Waals surface area contributed by atoms with E-state index in [0.29, 0.717) is 5.75 Å². The van der Waals surface area contributed by atoms with Gasteiger partial charge in [-0.1, -0.05) is 34.6 Å². The third-order valence-electron chi connectivity index (χ3n) is 3.36. The molecule has 1 amide bonds. The predicted octanol–water partition coefficient (Wildman–Crippen LogP) is 4.05. The second kappa shape index (κ2) is 8.49. The maximum atomic E-state index is 12.1. The van der Waals surface area contributed by atoms with Crippen LogP contribution in [-0.2, 0) is 17.8 Å². The molecule has 1 heterocycles. The van der Waals surface area contributed by atoms with Crippen LogP contribution in [0.4, 0.5) is 5.69 Å². The number of hydrogen-bond acceptors (Lipinski definition) is 4. The summed E-state index contributed by atoms with van der Waals surface area (Å²) in [5.41, 5.74) is 1.89. The topological polar surface area (TPSA) is 59.8 Å². The van der Waals surface area contributed by atoms with Crippen LogP contribution in [0.2, 0.25) is 0 Å². The van der Waals surface area contributed by atoms with Gasteiger partial charge < -0.3 is 9.88 Å². The third-order valence-corrected chi connectivity index (χ3v) is 5.21. The Morgan fingerprint density at radius 1 is 1.35 bits per heavy atom. The Kier molecular flexibility index (Phi) is 6.65. The van der Waals surface area contributed by atoms with Gasteiger partial charge in [-0.3, -0.25) is 4.79 Å². The smallest absolute Gasteiger partial charge is 0.234 e. The van der Waals surface area contributed by atoms with Crippen LogP contribution in [0.3, 0.4) is 0 Å². The van der Waals surface area contributed by atoms with Gasteiger partial charge in [0.15, 0.2) is 5.16 Å². The average Bonchev–Trinajstić information content (AvgIpc) is 2.91. The molecule has 0 atom stereocenters. The first-order valence-corrected chi connectivity index (χ1v) is 9.43. The third kappa shape index (κ3) is 4.81. The highest BCUT2D eigenvalue weighted by Gasteiger charge is 2.12. The molecule has 1 N–H and O–H groups in total. The van der Waals surface area contributed by atoms with Crippen LogP contribution >= 0.6 is 27.7 Å². The maximum Gasteiger partial charge on any atom is 0.234 e. The van der Waals surface area contributed by atoms with Crippen LogP contribution in [0.15, 0.2) is 27.8 Å². The molecule has 0 aliphatic carbocycles. The lowest BCUT2D eigenvalue weighted by atomic mass is 10.2. The number of benzene rings is 1. The number of carbonyl (C=O) groups is 1. The SMILES string of the molecule is CCCc1nnc(SCC(=O)Nc2ccc(Br)c(C)c2)n1CC. The zero-order valence-corrected chi connectivity index (χ0v) is 16.0. The van der Waals surface area contributed by atoms with E-state index < -0.39 is 0 Å². The van der Waals surface area contributed by atoms with Crippen molar-refractivity contribution < 1.29 is 4.79 Å². The van der Waals surface area contributed by atoms with E-state index in [1.54, 1.807) is 0 Å². The van der Waals surface area contributed by atoms with Gasteiger partial charge in [0.05, 0.1) is 5.75 Å². The van der Waals surface area contributed by atoms with Crippen LogP contribution in [0, 0.1) is 6.92 Å². The molecule has 0 fully saturated rings. The second-order valence-electron chi connectivity index (χ2n) is 5.19. The molecule has 0 unspecified atom stereocenters. The van der Waals surface area contributed by atoms with Crippen molar-refractivity contribution in [1.82, 2.24) is 14.8 Å². The summed E-state index contributed by atoms with van der Waals surface area (Å²) in [5, 5.41) is 12.1. The zero-order valence-electron chi connectivity index (χ0n) is 13.6. The number of nitrogens with zero attached hydrogens (tertiary/aromatic N) is 3. The summed E-state index contributed by atoms with van der Waals surface area (Å²) >= 11 is 4.87. The minimum Gasteiger partial charge on any atom is -0.325 e. The maximum absolute atomic E-state index is 12.1. The van der Waals surface area contributed by atoms with E-state index in [1.165, 1.54) is 11.8 Å². The van der Waals surface area contributed by atoms with E-state index in [9.17, 15) is 4.79 Å². The highest BCUT2D eigenvalue weighted by atomic mass is 79.9. The minimum atomic E-state index is -0.0422. The Morgan fingerprint density at radius 2 is 2.13 bits per heavy atom. The van der Waals surface area contributed by atoms with E-state index in [0.717, 1.165) is 46.1 Å². The van der Waals surface area contributed by atoms with Gasteiger partial charge in [-0.05, 0) is 44.0 Å². The molecule has 0 aliphatic rings. The lowest BCUT2D eigenvalue weighted by Crippen LogP contribution is -2.15. The molecule has 0 saturated heterocycles. The molecule has 0 spiro atoms. The molecule has 0 radical (unpaired) electrons. The highest BCUT2D eigenvalue weighted by Crippen LogP contribution is 2.21. The molecule has 23 heavy (non-hydrogen) atoms. The molecular weight excluding hydrogens is 376 g/mol. The molecule has 0 aliphatic heterocycles. The quantitative estimate of drug-likeness (QED) is 0.716. The van der Waals surface area contributed by atoms with Gasteiger partial charge in [0.2, 0.25) is 5.91 Å². The minimum absolute atomic E-state index is 0.0422. The number of aryl methyl sites for hydroxylation is 2. The van der Waals surface area contributed by atoms with E-state index in [1.807, 2.05) is 25.1 Å². The standard InChI is InChI=1S/C16H21BrN4OS/c1-4-6-14-19-20-16(21(14)5-2)23-10-15(22)18-12-7-8-13(17)11(3)9-12/h7-9H,4-6,10H2,1-3H3,(H,18,22). The van der Waals surface area contributed by atoms with Gasteiger partial charge >= 0.3 is 0 Å². The number of carbonyl (C=O) groups excluding carboxylic acids is 1. The van der Waals surface area contributed by atoms with Crippen LogP contribution in [0.25, 0.3) is 0 Å². The van der Waals surface area contributed by atoms with Gasteiger partial charge in [0.1, 0.15) is 5.82 Å². The first kappa shape index (κ1) is 18.0. The first-order chi connectivity index (χ1) is 11.0. The van der Waals surface area contributed by atoms with E-state index in [4.69, 9.17) is 0 Å². The van der Waals surface area contributed by atoms with Crippen molar-refractivity contribution in [3.63, 3.8) is 0 Å². The van der Waals surface area contributed by atoms with Crippen molar-refractivity contribution >= 4 is 39.3 Å². The molecule has 0 bridgehead atoms. The van der Waals surface area contributed by atoms with Gasteiger partial charge in [0, 0.05) is 23.1 Å². The Bertz CT molecular complexity index is 687. The molecule has 1 aromatic carbocycles. The van der Waals surface area contributed by atoms with Gasteiger partial charge in [-0.15, -0.1) is 10.2 Å². The Labute approximate surface area is 149 Å². The van der Waals surface area contributed by atoms with Crippen molar-refractivity contribution in [2.45, 2.75) is 45.3 Å². The highest BCUT2D eigenvalue weighted by molar-refractivity contribution is 9.10. The summed E-state index contributed by atoms with van der Waals surface area (Å²) in [6.45, 7) is 7.00. The monoisotopic (exact) mass is 396 g/mol. The van der Waals surface area contributed by atoms with Crippen molar-refractivity contribution in [3.8, 4) is 0 Å². The van der Waals surface area contributed by atoms with Crippen LogP contribution < -0.4 is 5.32 Å². The zero-order chi connectivity index (χ0) is 16.8. The number of thioether (sulfide) groups is 1. The second-order valence-corrected chi connectivity index (χ2v) is 6.99. The summed E-state index contributed by atoms with van der Waals surface area (Å²) in [5.74, 6) is 1.26. The van der Waals surface area contributed by atoms with Gasteiger partial charge in [-0.25, -0.2) is 0 Å². The van der Waals surface area contributed by atoms with Crippen molar-refractivity contribution in [1.29, 1.82) is 0 Å². The largest absolute Gasteiger partial charge is 0.325 e. The summed E-state index contributed by atoms with van der Waals surface area (Å²) in [6.07, 6.45) is 1.94. The van der Waals surface area contributed by atoms with Crippen LogP contribution in [0.1, 0.15) is 31.7 Å². The molecule has 2 rings (SSSR count). The number of nitrogens with one attached hydrogen (secondary N) is 1. The molecular formula is C16H21BrN4OS. The first-order valence-electron chi connectivity index (χ1n) is 7.66. The molecule has 7 heteroatoms. The fourth-order valence-corrected chi connectivity index (χ4v) is 3.27. The molecule has 1 aromatic heterocycles. The van der Waals surface area contributed by atoms with Crippen molar-refractivity contribution in [2.24, 2.45) is 0 Å². The van der Waals surface area contributed by atoms with Gasteiger partial charge in [-0.2, -0.15) is 0 Å². The van der Waals surface area contributed by atoms with Crippen LogP contribution in [-0.4, -0.2) is 26.4 Å². The average molecular weight is 397 g/mol. The summed E-state index contributed by atoms with van der Waals surface area (Å²) in [4.78, 5) is 12.1. The normalized spacial score (nSPS) is 10.8. The van der Waals surface area contributed by atoms with Crippen LogP contribution in [0.5, 0.6) is 0 Å². The van der Waals surface area contributed by atoms with E-state index in [-0.39, 0.29) is 5.91 Å². The molecule has 124 valence electrons. The molecule has 5 nitrogen and oxygen atoms in total. The fraction of sp³-hybridized carbons (Fsp3) is 0.438. The fourth-order valence-electron chi connectivity index (χ4n) is 2.20. The number of amides is 1. The van der Waals surface area contributed by atoms with Crippen molar-refractivity contribution in [3.05, 3.63) is 34.1 Å². The number of aromatic nitrogens is 3.